The molecule has 0 aliphatic carbocycles. The zero-order valence-corrected chi connectivity index (χ0v) is 15.3. The van der Waals surface area contributed by atoms with Crippen molar-refractivity contribution in [2.75, 3.05) is 19.6 Å². The third kappa shape index (κ3) is 3.97. The molecule has 0 saturated carbocycles. The highest BCUT2D eigenvalue weighted by atomic mass is 15.3. The lowest BCUT2D eigenvalue weighted by Gasteiger charge is -2.39. The largest absolute Gasteiger partial charge is 0.349 e. The fourth-order valence-corrected chi connectivity index (χ4v) is 3.76. The Hall–Kier alpha value is -2.58. The summed E-state index contributed by atoms with van der Waals surface area (Å²) in [4.78, 5) is 4.95. The fraction of sp³-hybridized carbons (Fsp3) is 0.250. The first-order valence-electron chi connectivity index (χ1n) is 9.45. The van der Waals surface area contributed by atoms with Crippen LogP contribution in [0.2, 0.25) is 0 Å². The van der Waals surface area contributed by atoms with E-state index in [1.54, 1.807) is 0 Å². The van der Waals surface area contributed by atoms with E-state index in [0.29, 0.717) is 0 Å². The number of hydrogen-bond acceptors (Lipinski definition) is 2. The Morgan fingerprint density at radius 1 is 0.808 bits per heavy atom. The summed E-state index contributed by atoms with van der Waals surface area (Å²) in [5, 5.41) is 0. The third-order valence-electron chi connectivity index (χ3n) is 5.25. The number of hydrogen-bond donors (Lipinski definition) is 0. The summed E-state index contributed by atoms with van der Waals surface area (Å²) in [5.41, 5.74) is 6.70. The topological polar surface area (TPSA) is 6.48 Å². The molecular weight excluding hydrogens is 316 g/mol. The van der Waals surface area contributed by atoms with Gasteiger partial charge in [0.2, 0.25) is 0 Å². The molecule has 2 aliphatic rings. The summed E-state index contributed by atoms with van der Waals surface area (Å²) in [6.07, 6.45) is 6.75. The van der Waals surface area contributed by atoms with Crippen molar-refractivity contribution in [3.63, 3.8) is 0 Å². The van der Waals surface area contributed by atoms with Crippen LogP contribution in [0.3, 0.4) is 0 Å². The minimum absolute atomic E-state index is 0.996. The standard InChI is InChI=1S/C24H26N2/c1-20-16-24-19-25(17-22-10-6-3-7-11-22)14-15-26(24)18-23(20)13-12-21-8-4-2-5-9-21/h2-11,16,18H,1,12-15,17,19H2. The van der Waals surface area contributed by atoms with Crippen molar-refractivity contribution in [1.29, 1.82) is 0 Å². The van der Waals surface area contributed by atoms with Crippen molar-refractivity contribution < 1.29 is 0 Å². The van der Waals surface area contributed by atoms with Gasteiger partial charge in [-0.15, -0.1) is 0 Å². The molecule has 1 fully saturated rings. The van der Waals surface area contributed by atoms with E-state index in [4.69, 9.17) is 0 Å². The van der Waals surface area contributed by atoms with Gasteiger partial charge >= 0.3 is 0 Å². The van der Waals surface area contributed by atoms with Gasteiger partial charge in [-0.2, -0.15) is 0 Å². The number of piperazine rings is 1. The Balaban J connectivity index is 1.38. The van der Waals surface area contributed by atoms with Crippen LogP contribution in [-0.2, 0) is 13.0 Å². The molecule has 26 heavy (non-hydrogen) atoms. The Bertz CT molecular complexity index is 818. The predicted molar refractivity (Wildman–Crippen MR) is 108 cm³/mol. The molecule has 132 valence electrons. The van der Waals surface area contributed by atoms with Crippen molar-refractivity contribution in [1.82, 2.24) is 9.80 Å². The highest BCUT2D eigenvalue weighted by Crippen LogP contribution is 2.28. The van der Waals surface area contributed by atoms with Gasteiger partial charge in [0.05, 0.1) is 0 Å². The van der Waals surface area contributed by atoms with Crippen molar-refractivity contribution in [2.45, 2.75) is 19.4 Å². The van der Waals surface area contributed by atoms with E-state index in [2.05, 4.69) is 89.3 Å². The van der Waals surface area contributed by atoms with E-state index in [0.717, 1.165) is 39.0 Å². The Morgan fingerprint density at radius 2 is 1.50 bits per heavy atom. The average molecular weight is 342 g/mol. The SMILES string of the molecule is C=C1C=C2CN(Cc3ccccc3)CCN2C=C1CCc1ccccc1. The minimum Gasteiger partial charge on any atom is -0.349 e. The van der Waals surface area contributed by atoms with Gasteiger partial charge in [0, 0.05) is 38.1 Å². The average Bonchev–Trinajstić information content (AvgIpc) is 2.68. The second kappa shape index (κ2) is 7.76. The van der Waals surface area contributed by atoms with Gasteiger partial charge in [-0.25, -0.2) is 0 Å². The second-order valence-electron chi connectivity index (χ2n) is 7.19. The van der Waals surface area contributed by atoms with Crippen molar-refractivity contribution in [3.05, 3.63) is 107 Å². The van der Waals surface area contributed by atoms with Gasteiger partial charge in [-0.3, -0.25) is 4.90 Å². The number of benzene rings is 2. The van der Waals surface area contributed by atoms with E-state index in [9.17, 15) is 0 Å². The molecule has 0 unspecified atom stereocenters. The van der Waals surface area contributed by atoms with Crippen LogP contribution >= 0.6 is 0 Å². The maximum Gasteiger partial charge on any atom is 0.0391 e. The van der Waals surface area contributed by atoms with Crippen LogP contribution < -0.4 is 0 Å². The monoisotopic (exact) mass is 342 g/mol. The summed E-state index contributed by atoms with van der Waals surface area (Å²) in [5.74, 6) is 0. The van der Waals surface area contributed by atoms with Gasteiger partial charge in [-0.05, 0) is 41.2 Å². The molecule has 4 rings (SSSR count). The Labute approximate surface area is 156 Å². The smallest absolute Gasteiger partial charge is 0.0391 e. The summed E-state index contributed by atoms with van der Waals surface area (Å²) in [7, 11) is 0. The normalized spacial score (nSPS) is 17.5. The van der Waals surface area contributed by atoms with E-state index in [1.807, 2.05) is 0 Å². The van der Waals surface area contributed by atoms with Crippen molar-refractivity contribution in [3.8, 4) is 0 Å². The molecule has 0 aromatic heterocycles. The molecule has 0 radical (unpaired) electrons. The summed E-state index contributed by atoms with van der Waals surface area (Å²) in [6, 6.07) is 21.5. The maximum atomic E-state index is 4.32. The number of nitrogens with zero attached hydrogens (tertiary/aromatic N) is 2. The van der Waals surface area contributed by atoms with Crippen LogP contribution in [0.5, 0.6) is 0 Å². The van der Waals surface area contributed by atoms with Crippen molar-refractivity contribution in [2.24, 2.45) is 0 Å². The molecule has 2 nitrogen and oxygen atoms in total. The van der Waals surface area contributed by atoms with Gasteiger partial charge in [0.25, 0.3) is 0 Å². The minimum atomic E-state index is 0.996. The van der Waals surface area contributed by atoms with E-state index in [1.165, 1.54) is 28.0 Å². The number of allylic oxidation sites excluding steroid dienone is 3. The predicted octanol–water partition coefficient (Wildman–Crippen LogP) is 4.77. The van der Waals surface area contributed by atoms with Gasteiger partial charge in [0.1, 0.15) is 0 Å². The first-order valence-corrected chi connectivity index (χ1v) is 9.45. The zero-order valence-electron chi connectivity index (χ0n) is 15.3. The van der Waals surface area contributed by atoms with E-state index < -0.39 is 0 Å². The van der Waals surface area contributed by atoms with Gasteiger partial charge in [-0.1, -0.05) is 67.2 Å². The van der Waals surface area contributed by atoms with Crippen LogP contribution in [0.4, 0.5) is 0 Å². The molecule has 0 amide bonds. The summed E-state index contributed by atoms with van der Waals surface area (Å²) in [6.45, 7) is 8.49. The number of rotatable bonds is 5. The molecule has 2 heteroatoms. The van der Waals surface area contributed by atoms with Gasteiger partial charge in [0.15, 0.2) is 0 Å². The number of fused-ring (bicyclic) bond motifs is 1. The molecule has 0 bridgehead atoms. The molecular formula is C24H26N2. The first-order chi connectivity index (χ1) is 12.8. The quantitative estimate of drug-likeness (QED) is 0.772. The molecule has 2 aromatic carbocycles. The lowest BCUT2D eigenvalue weighted by atomic mass is 9.96. The fourth-order valence-electron chi connectivity index (χ4n) is 3.76. The van der Waals surface area contributed by atoms with Gasteiger partial charge < -0.3 is 4.90 Å². The molecule has 2 aliphatic heterocycles. The number of aryl methyl sites for hydroxylation is 1. The third-order valence-corrected chi connectivity index (χ3v) is 5.25. The highest BCUT2D eigenvalue weighted by molar-refractivity contribution is 5.44. The first kappa shape index (κ1) is 16.9. The molecule has 0 spiro atoms. The molecule has 2 aromatic rings. The Kier molecular flexibility index (Phi) is 5.03. The van der Waals surface area contributed by atoms with Crippen LogP contribution in [0, 0.1) is 0 Å². The lowest BCUT2D eigenvalue weighted by molar-refractivity contribution is 0.200. The van der Waals surface area contributed by atoms with E-state index in [-0.39, 0.29) is 0 Å². The van der Waals surface area contributed by atoms with Crippen LogP contribution in [-0.4, -0.2) is 29.4 Å². The zero-order chi connectivity index (χ0) is 17.8. The molecule has 2 heterocycles. The van der Waals surface area contributed by atoms with Crippen LogP contribution in [0.15, 0.2) is 96.4 Å². The van der Waals surface area contributed by atoms with Crippen LogP contribution in [0.1, 0.15) is 17.5 Å². The highest BCUT2D eigenvalue weighted by Gasteiger charge is 2.23. The van der Waals surface area contributed by atoms with Crippen LogP contribution in [0.25, 0.3) is 0 Å². The summed E-state index contributed by atoms with van der Waals surface area (Å²) < 4.78 is 0. The maximum absolute atomic E-state index is 4.32. The molecule has 0 N–H and O–H groups in total. The Morgan fingerprint density at radius 3 is 2.23 bits per heavy atom. The second-order valence-corrected chi connectivity index (χ2v) is 7.19. The molecule has 1 saturated heterocycles. The lowest BCUT2D eigenvalue weighted by Crippen LogP contribution is -2.43. The summed E-state index contributed by atoms with van der Waals surface area (Å²) >= 11 is 0. The van der Waals surface area contributed by atoms with Crippen molar-refractivity contribution >= 4 is 0 Å². The van der Waals surface area contributed by atoms with E-state index >= 15 is 0 Å². The molecule has 0 atom stereocenters.